The van der Waals surface area contributed by atoms with Crippen LogP contribution in [0.3, 0.4) is 0 Å². The topological polar surface area (TPSA) is 32.3 Å². The minimum atomic E-state index is -4.29. The Bertz CT molecular complexity index is 581. The molecule has 2 fully saturated rings. The second-order valence-corrected chi connectivity index (χ2v) is 7.01. The number of benzene rings is 1. The highest BCUT2D eigenvalue weighted by molar-refractivity contribution is 5.81. The van der Waals surface area contributed by atoms with Gasteiger partial charge in [0.25, 0.3) is 0 Å². The van der Waals surface area contributed by atoms with Crippen LogP contribution in [0.5, 0.6) is 0 Å². The average molecular weight is 340 g/mol. The molecule has 1 N–H and O–H groups in total. The predicted octanol–water partition coefficient (Wildman–Crippen LogP) is 3.44. The summed E-state index contributed by atoms with van der Waals surface area (Å²) >= 11 is 0. The first-order chi connectivity index (χ1) is 11.3. The molecule has 3 rings (SSSR count). The molecule has 0 radical (unpaired) electrons. The summed E-state index contributed by atoms with van der Waals surface area (Å²) in [5.41, 5.74) is 0.221. The zero-order valence-electron chi connectivity index (χ0n) is 13.8. The molecule has 1 amide bonds. The van der Waals surface area contributed by atoms with Gasteiger partial charge in [-0.1, -0.05) is 19.1 Å². The van der Waals surface area contributed by atoms with Gasteiger partial charge in [-0.2, -0.15) is 13.2 Å². The summed E-state index contributed by atoms with van der Waals surface area (Å²) < 4.78 is 37.7. The van der Waals surface area contributed by atoms with Crippen molar-refractivity contribution in [1.82, 2.24) is 10.2 Å². The molecule has 1 saturated carbocycles. The molecule has 0 unspecified atom stereocenters. The van der Waals surface area contributed by atoms with Crippen molar-refractivity contribution in [3.63, 3.8) is 0 Å². The number of hydrogen-bond donors (Lipinski definition) is 1. The van der Waals surface area contributed by atoms with Gasteiger partial charge in [0, 0.05) is 31.6 Å². The van der Waals surface area contributed by atoms with Gasteiger partial charge in [0.1, 0.15) is 0 Å². The first-order valence-corrected chi connectivity index (χ1v) is 8.53. The van der Waals surface area contributed by atoms with E-state index in [0.717, 1.165) is 50.0 Å². The zero-order valence-corrected chi connectivity index (χ0v) is 13.8. The van der Waals surface area contributed by atoms with Gasteiger partial charge < -0.3 is 10.2 Å². The number of hydrogen-bond acceptors (Lipinski definition) is 2. The largest absolute Gasteiger partial charge is 0.416 e. The highest BCUT2D eigenvalue weighted by Crippen LogP contribution is 2.32. The molecule has 1 aromatic rings. The molecule has 1 aliphatic heterocycles. The van der Waals surface area contributed by atoms with Crippen LogP contribution in [-0.4, -0.2) is 29.9 Å². The Balaban J connectivity index is 1.49. The van der Waals surface area contributed by atoms with Crippen molar-refractivity contribution >= 4 is 5.91 Å². The van der Waals surface area contributed by atoms with E-state index in [1.54, 1.807) is 0 Å². The number of piperidine rings is 1. The molecule has 2 atom stereocenters. The highest BCUT2D eigenvalue weighted by atomic mass is 19.4. The molecule has 0 spiro atoms. The summed E-state index contributed by atoms with van der Waals surface area (Å²) in [6, 6.07) is 5.57. The standard InChI is InChI=1S/C18H23F3N2O/c1-12-11-23(17(24)14-4-5-14)9-8-16(12)22-10-13-2-6-15(7-3-13)18(19,20)21/h2-3,6-7,12,14,16,22H,4-5,8-11H2,1H3/t12-,16+/m1/s1. The van der Waals surface area contributed by atoms with E-state index in [-0.39, 0.29) is 12.0 Å². The third kappa shape index (κ3) is 4.09. The third-order valence-corrected chi connectivity index (χ3v) is 4.99. The second-order valence-electron chi connectivity index (χ2n) is 7.01. The maximum absolute atomic E-state index is 12.6. The summed E-state index contributed by atoms with van der Waals surface area (Å²) in [5.74, 6) is 0.896. The van der Waals surface area contributed by atoms with Crippen LogP contribution in [0.4, 0.5) is 13.2 Å². The first kappa shape index (κ1) is 17.3. The van der Waals surface area contributed by atoms with Crippen LogP contribution < -0.4 is 5.32 Å². The Morgan fingerprint density at radius 3 is 2.42 bits per heavy atom. The Labute approximate surface area is 140 Å². The molecule has 2 aliphatic rings. The SMILES string of the molecule is C[C@@H]1CN(C(=O)C2CC2)CC[C@@H]1NCc1ccc(C(F)(F)F)cc1. The molecule has 1 saturated heterocycles. The lowest BCUT2D eigenvalue weighted by molar-refractivity contribution is -0.137. The van der Waals surface area contributed by atoms with Crippen molar-refractivity contribution in [1.29, 1.82) is 0 Å². The third-order valence-electron chi connectivity index (χ3n) is 4.99. The molecular weight excluding hydrogens is 317 g/mol. The average Bonchev–Trinajstić information content (AvgIpc) is 3.37. The number of amides is 1. The van der Waals surface area contributed by atoms with Crippen molar-refractivity contribution in [3.8, 4) is 0 Å². The molecule has 1 aliphatic carbocycles. The summed E-state index contributed by atoms with van der Waals surface area (Å²) in [6.45, 7) is 4.20. The number of likely N-dealkylation sites (tertiary alicyclic amines) is 1. The fraction of sp³-hybridized carbons (Fsp3) is 0.611. The molecule has 1 aromatic carbocycles. The van der Waals surface area contributed by atoms with Gasteiger partial charge in [-0.15, -0.1) is 0 Å². The van der Waals surface area contributed by atoms with Crippen LogP contribution in [0.25, 0.3) is 0 Å². The van der Waals surface area contributed by atoms with Crippen molar-refractivity contribution < 1.29 is 18.0 Å². The molecule has 132 valence electrons. The lowest BCUT2D eigenvalue weighted by atomic mass is 9.93. The minimum Gasteiger partial charge on any atom is -0.342 e. The van der Waals surface area contributed by atoms with Gasteiger partial charge in [-0.25, -0.2) is 0 Å². The van der Waals surface area contributed by atoms with Gasteiger partial charge in [-0.05, 0) is 42.9 Å². The smallest absolute Gasteiger partial charge is 0.342 e. The van der Waals surface area contributed by atoms with Gasteiger partial charge in [0.2, 0.25) is 5.91 Å². The fourth-order valence-corrected chi connectivity index (χ4v) is 3.30. The van der Waals surface area contributed by atoms with E-state index in [2.05, 4.69) is 12.2 Å². The quantitative estimate of drug-likeness (QED) is 0.911. The number of halogens is 3. The highest BCUT2D eigenvalue weighted by Gasteiger charge is 2.36. The van der Waals surface area contributed by atoms with Crippen LogP contribution in [0.2, 0.25) is 0 Å². The van der Waals surface area contributed by atoms with E-state index in [1.807, 2.05) is 4.90 Å². The number of alkyl halides is 3. The molecule has 24 heavy (non-hydrogen) atoms. The van der Waals surface area contributed by atoms with E-state index >= 15 is 0 Å². The molecular formula is C18H23F3N2O. The van der Waals surface area contributed by atoms with Gasteiger partial charge in [0.15, 0.2) is 0 Å². The van der Waals surface area contributed by atoms with Crippen LogP contribution >= 0.6 is 0 Å². The maximum atomic E-state index is 12.6. The Kier molecular flexibility index (Phi) is 4.85. The van der Waals surface area contributed by atoms with Crippen LogP contribution in [0.1, 0.15) is 37.3 Å². The predicted molar refractivity (Wildman–Crippen MR) is 85.2 cm³/mol. The fourth-order valence-electron chi connectivity index (χ4n) is 3.30. The second kappa shape index (κ2) is 6.75. The van der Waals surface area contributed by atoms with Crippen LogP contribution in [-0.2, 0) is 17.5 Å². The Morgan fingerprint density at radius 2 is 1.88 bits per heavy atom. The van der Waals surface area contributed by atoms with Crippen molar-refractivity contribution in [2.45, 2.75) is 44.9 Å². The molecule has 0 aromatic heterocycles. The Morgan fingerprint density at radius 1 is 1.21 bits per heavy atom. The maximum Gasteiger partial charge on any atom is 0.416 e. The molecule has 3 nitrogen and oxygen atoms in total. The van der Waals surface area contributed by atoms with Crippen molar-refractivity contribution in [3.05, 3.63) is 35.4 Å². The minimum absolute atomic E-state index is 0.258. The number of carbonyl (C=O) groups is 1. The Hall–Kier alpha value is -1.56. The zero-order chi connectivity index (χ0) is 17.3. The van der Waals surface area contributed by atoms with E-state index in [4.69, 9.17) is 0 Å². The van der Waals surface area contributed by atoms with Gasteiger partial charge in [-0.3, -0.25) is 4.79 Å². The summed E-state index contributed by atoms with van der Waals surface area (Å²) in [5, 5.41) is 3.43. The number of carbonyl (C=O) groups excluding carboxylic acids is 1. The van der Waals surface area contributed by atoms with Gasteiger partial charge in [0.05, 0.1) is 5.56 Å². The van der Waals surface area contributed by atoms with Gasteiger partial charge >= 0.3 is 6.18 Å². The van der Waals surface area contributed by atoms with E-state index in [9.17, 15) is 18.0 Å². The summed E-state index contributed by atoms with van der Waals surface area (Å²) in [4.78, 5) is 14.1. The van der Waals surface area contributed by atoms with Crippen molar-refractivity contribution in [2.24, 2.45) is 11.8 Å². The van der Waals surface area contributed by atoms with E-state index in [0.29, 0.717) is 18.4 Å². The lowest BCUT2D eigenvalue weighted by Crippen LogP contribution is -2.50. The normalized spacial score (nSPS) is 24.9. The monoisotopic (exact) mass is 340 g/mol. The molecule has 6 heteroatoms. The number of nitrogens with one attached hydrogen (secondary N) is 1. The van der Waals surface area contributed by atoms with E-state index < -0.39 is 11.7 Å². The van der Waals surface area contributed by atoms with Crippen molar-refractivity contribution in [2.75, 3.05) is 13.1 Å². The van der Waals surface area contributed by atoms with Crippen LogP contribution in [0.15, 0.2) is 24.3 Å². The molecule has 0 bridgehead atoms. The van der Waals surface area contributed by atoms with E-state index in [1.165, 1.54) is 12.1 Å². The first-order valence-electron chi connectivity index (χ1n) is 8.53. The van der Waals surface area contributed by atoms with Crippen LogP contribution in [0, 0.1) is 11.8 Å². The lowest BCUT2D eigenvalue weighted by Gasteiger charge is -2.37. The number of nitrogens with zero attached hydrogens (tertiary/aromatic N) is 1. The summed E-state index contributed by atoms with van der Waals surface area (Å²) in [7, 11) is 0. The number of rotatable bonds is 4. The summed E-state index contributed by atoms with van der Waals surface area (Å²) in [6.07, 6.45) is -1.35. The molecule has 1 heterocycles.